The van der Waals surface area contributed by atoms with Crippen molar-refractivity contribution in [2.75, 3.05) is 4.90 Å². The number of rotatable bonds is 11. The second kappa shape index (κ2) is 24.7. The number of pyridine rings is 1. The van der Waals surface area contributed by atoms with E-state index in [1.807, 2.05) is 0 Å². The van der Waals surface area contributed by atoms with E-state index in [0.717, 1.165) is 128 Å². The van der Waals surface area contributed by atoms with Gasteiger partial charge in [-0.05, 0) is 152 Å². The zero-order valence-corrected chi connectivity index (χ0v) is 59.6. The molecule has 0 saturated carbocycles. The minimum Gasteiger partial charge on any atom is -0.329 e. The fourth-order valence-corrected chi connectivity index (χ4v) is 18.2. The van der Waals surface area contributed by atoms with Gasteiger partial charge >= 0.3 is 0 Å². The SMILES string of the molecule is CC12c3c(c4ccccc4n3-c3cc(-c4ccccc4)nc(-c4cccc(-c5cccc(-n6c7ccccc7c7c6ccc6c8c9ccccc9ccc8n(-c8nc(-c9ccccc9)cc(-c9ccc(-c%10ccccc%10)cc9)n8)c67)c5)c4)c3)C(c3ccc4ccccc4c3)=CC1c1ccccc1N2c1ccccc1. The zero-order chi connectivity index (χ0) is 71.8. The summed E-state index contributed by atoms with van der Waals surface area (Å²) in [4.78, 5) is 19.6. The highest BCUT2D eigenvalue weighted by Gasteiger charge is 2.55. The number of para-hydroxylation sites is 4. The summed E-state index contributed by atoms with van der Waals surface area (Å²) >= 11 is 0. The van der Waals surface area contributed by atoms with Crippen LogP contribution >= 0.6 is 0 Å². The van der Waals surface area contributed by atoms with Gasteiger partial charge in [-0.1, -0.05) is 297 Å². The van der Waals surface area contributed by atoms with Gasteiger partial charge in [0.2, 0.25) is 5.95 Å². The summed E-state index contributed by atoms with van der Waals surface area (Å²) in [5.74, 6) is 0.573. The molecule has 22 rings (SSSR count). The Morgan fingerprint density at radius 1 is 0.284 bits per heavy atom. The van der Waals surface area contributed by atoms with E-state index in [0.29, 0.717) is 5.95 Å². The van der Waals surface area contributed by atoms with Gasteiger partial charge in [-0.2, -0.15) is 0 Å². The smallest absolute Gasteiger partial charge is 0.235 e. The summed E-state index contributed by atoms with van der Waals surface area (Å²) in [5, 5.41) is 10.5. The first-order valence-corrected chi connectivity index (χ1v) is 37.5. The Balaban J connectivity index is 0.721. The Kier molecular flexibility index (Phi) is 14.1. The van der Waals surface area contributed by atoms with Gasteiger partial charge in [-0.15, -0.1) is 0 Å². The maximum absolute atomic E-state index is 5.70. The van der Waals surface area contributed by atoms with Gasteiger partial charge in [0.1, 0.15) is 0 Å². The number of hydrogen-bond acceptors (Lipinski definition) is 4. The topological polar surface area (TPSA) is 56.7 Å². The summed E-state index contributed by atoms with van der Waals surface area (Å²) in [6, 6.07) is 137. The molecule has 1 aliphatic carbocycles. The molecular weight excluding hydrogens is 1320 g/mol. The third-order valence-corrected chi connectivity index (χ3v) is 23.1. The fraction of sp³-hybridized carbons (Fsp3) is 0.0294. The van der Waals surface area contributed by atoms with Crippen LogP contribution in [0.25, 0.3) is 166 Å². The van der Waals surface area contributed by atoms with Crippen LogP contribution in [0.4, 0.5) is 11.4 Å². The van der Waals surface area contributed by atoms with Crippen molar-refractivity contribution in [2.24, 2.45) is 0 Å². The number of anilines is 2. The Morgan fingerprint density at radius 3 is 1.53 bits per heavy atom. The molecule has 510 valence electrons. The quantitative estimate of drug-likeness (QED) is 0.129. The number of hydrogen-bond donors (Lipinski definition) is 0. The molecule has 0 amide bonds. The van der Waals surface area contributed by atoms with Crippen molar-refractivity contribution in [3.63, 3.8) is 0 Å². The molecule has 0 N–H and O–H groups in total. The van der Waals surface area contributed by atoms with Crippen LogP contribution < -0.4 is 4.90 Å². The lowest BCUT2D eigenvalue weighted by Gasteiger charge is -2.44. The standard InChI is InChI=1S/C102H67N7/c1-102-86(81-42-18-23-47-93(81)109(102)77-38-12-5-13-39-77)63-85(75-53-50-66-28-14-15-34-72(66)58-75)97-82-43-19-22-46-92(82)107(100(97)102)79-61-87(69-30-8-3-9-31-69)103-88(62-79)76-37-24-35-73(59-76)74-36-25-40-78(60-74)106-91-45-21-20-44-83(91)98-95(106)57-55-84-96-80-41-17-16-29-68(80)54-56-94(96)108(99(84)98)101-104-89(70-32-10-4-11-33-70)64-90(105-101)71-51-48-67(49-52-71)65-26-6-2-7-27-65/h2-64,86H,1H3. The van der Waals surface area contributed by atoms with Crippen LogP contribution in [0.3, 0.4) is 0 Å². The van der Waals surface area contributed by atoms with Crippen molar-refractivity contribution in [1.82, 2.24) is 28.7 Å². The predicted octanol–water partition coefficient (Wildman–Crippen LogP) is 25.9. The summed E-state index contributed by atoms with van der Waals surface area (Å²) in [5.41, 5.74) is 27.4. The number of benzene rings is 15. The van der Waals surface area contributed by atoms with E-state index in [1.165, 1.54) is 66.1 Å². The largest absolute Gasteiger partial charge is 0.329 e. The molecule has 0 saturated heterocycles. The molecule has 15 aromatic carbocycles. The van der Waals surface area contributed by atoms with Crippen molar-refractivity contribution in [2.45, 2.75) is 18.4 Å². The molecular formula is C102H67N7. The van der Waals surface area contributed by atoms with Crippen molar-refractivity contribution in [3.05, 3.63) is 405 Å². The highest BCUT2D eigenvalue weighted by Crippen LogP contribution is 2.63. The fourth-order valence-electron chi connectivity index (χ4n) is 18.2. The Hall–Kier alpha value is -14.3. The van der Waals surface area contributed by atoms with Crippen LogP contribution in [0, 0.1) is 0 Å². The van der Waals surface area contributed by atoms with E-state index in [-0.39, 0.29) is 5.92 Å². The lowest BCUT2D eigenvalue weighted by atomic mass is 9.71. The molecule has 2 aliphatic rings. The third kappa shape index (κ3) is 9.80. The molecule has 2 unspecified atom stereocenters. The third-order valence-electron chi connectivity index (χ3n) is 23.1. The van der Waals surface area contributed by atoms with Gasteiger partial charge in [-0.25, -0.2) is 15.0 Å². The van der Waals surface area contributed by atoms with Crippen LogP contribution in [-0.2, 0) is 5.54 Å². The van der Waals surface area contributed by atoms with Crippen molar-refractivity contribution in [1.29, 1.82) is 0 Å². The normalized spacial score (nSPS) is 14.6. The molecule has 6 heterocycles. The van der Waals surface area contributed by atoms with Crippen molar-refractivity contribution >= 4 is 93.0 Å². The molecule has 5 aromatic heterocycles. The lowest BCUT2D eigenvalue weighted by Crippen LogP contribution is -2.44. The van der Waals surface area contributed by atoms with Crippen LogP contribution in [0.15, 0.2) is 382 Å². The Bertz CT molecular complexity index is 7110. The van der Waals surface area contributed by atoms with Crippen LogP contribution in [0.5, 0.6) is 0 Å². The van der Waals surface area contributed by atoms with Gasteiger partial charge in [0.25, 0.3) is 0 Å². The van der Waals surface area contributed by atoms with E-state index >= 15 is 0 Å². The van der Waals surface area contributed by atoms with Gasteiger partial charge in [0.05, 0.1) is 67.3 Å². The summed E-state index contributed by atoms with van der Waals surface area (Å²) in [7, 11) is 0. The molecule has 0 spiro atoms. The molecule has 2 atom stereocenters. The van der Waals surface area contributed by atoms with E-state index in [1.54, 1.807) is 0 Å². The highest BCUT2D eigenvalue weighted by molar-refractivity contribution is 6.30. The number of nitrogens with zero attached hydrogens (tertiary/aromatic N) is 7. The molecule has 0 radical (unpaired) electrons. The average molecular weight is 1390 g/mol. The van der Waals surface area contributed by atoms with Crippen LogP contribution in [0.1, 0.15) is 35.2 Å². The second-order valence-corrected chi connectivity index (χ2v) is 29.1. The predicted molar refractivity (Wildman–Crippen MR) is 452 cm³/mol. The molecule has 20 aromatic rings. The first-order valence-electron chi connectivity index (χ1n) is 37.5. The van der Waals surface area contributed by atoms with Gasteiger partial charge in [-0.3, -0.25) is 4.57 Å². The minimum absolute atomic E-state index is 0.0270. The van der Waals surface area contributed by atoms with Gasteiger partial charge in [0.15, 0.2) is 0 Å². The monoisotopic (exact) mass is 1390 g/mol. The molecule has 0 fully saturated rings. The zero-order valence-electron chi connectivity index (χ0n) is 59.6. The van der Waals surface area contributed by atoms with Crippen LogP contribution in [-0.4, -0.2) is 28.7 Å². The molecule has 7 heteroatoms. The molecule has 1 aliphatic heterocycles. The van der Waals surface area contributed by atoms with E-state index in [9.17, 15) is 0 Å². The first-order chi connectivity index (χ1) is 53.9. The second-order valence-electron chi connectivity index (χ2n) is 29.1. The highest BCUT2D eigenvalue weighted by atomic mass is 15.3. The molecule has 109 heavy (non-hydrogen) atoms. The first kappa shape index (κ1) is 62.1. The molecule has 0 bridgehead atoms. The molecule has 7 nitrogen and oxygen atoms in total. The Morgan fingerprint density at radius 2 is 0.789 bits per heavy atom. The summed E-state index contributed by atoms with van der Waals surface area (Å²) < 4.78 is 7.39. The minimum atomic E-state index is -0.610. The van der Waals surface area contributed by atoms with Crippen molar-refractivity contribution in [3.8, 4) is 84.6 Å². The van der Waals surface area contributed by atoms with E-state index in [2.05, 4.69) is 408 Å². The Labute approximate surface area is 630 Å². The summed E-state index contributed by atoms with van der Waals surface area (Å²) in [6.07, 6.45) is 2.59. The van der Waals surface area contributed by atoms with Crippen molar-refractivity contribution < 1.29 is 0 Å². The van der Waals surface area contributed by atoms with Crippen LogP contribution in [0.2, 0.25) is 0 Å². The lowest BCUT2D eigenvalue weighted by molar-refractivity contribution is 0.438. The number of fused-ring (bicyclic) bond motifs is 17. The maximum atomic E-state index is 5.70. The summed E-state index contributed by atoms with van der Waals surface area (Å²) in [6.45, 7) is 2.48. The average Bonchev–Trinajstić information content (AvgIpc) is 1.52. The van der Waals surface area contributed by atoms with Gasteiger partial charge < -0.3 is 14.0 Å². The maximum Gasteiger partial charge on any atom is 0.235 e. The van der Waals surface area contributed by atoms with E-state index < -0.39 is 5.54 Å². The number of aromatic nitrogens is 6. The van der Waals surface area contributed by atoms with Gasteiger partial charge in [0, 0.05) is 77.7 Å². The van der Waals surface area contributed by atoms with E-state index in [4.69, 9.17) is 15.0 Å².